The number of fused-ring (bicyclic) bond motifs is 1. The lowest BCUT2D eigenvalue weighted by molar-refractivity contribution is 0.748. The average molecular weight is 231 g/mol. The van der Waals surface area contributed by atoms with Gasteiger partial charge in [-0.1, -0.05) is 6.07 Å². The van der Waals surface area contributed by atoms with Crippen molar-refractivity contribution in [3.8, 4) is 10.6 Å². The van der Waals surface area contributed by atoms with Gasteiger partial charge in [0.25, 0.3) is 5.56 Å². The fourth-order valence-electron chi connectivity index (χ4n) is 1.67. The quantitative estimate of drug-likeness (QED) is 0.696. The van der Waals surface area contributed by atoms with Crippen molar-refractivity contribution in [3.05, 3.63) is 40.0 Å². The number of thiophene rings is 1. The maximum atomic E-state index is 11.6. The van der Waals surface area contributed by atoms with Crippen molar-refractivity contribution >= 4 is 22.4 Å². The molecule has 3 heterocycles. The minimum atomic E-state index is -0.0415. The molecule has 0 atom stereocenters. The molecule has 0 amide bonds. The molecule has 3 rings (SSSR count). The summed E-state index contributed by atoms with van der Waals surface area (Å²) in [6, 6.07) is 7.69. The van der Waals surface area contributed by atoms with Gasteiger partial charge in [0.05, 0.1) is 16.0 Å². The van der Waals surface area contributed by atoms with Gasteiger partial charge in [-0.2, -0.15) is 0 Å². The van der Waals surface area contributed by atoms with E-state index >= 15 is 0 Å². The summed E-state index contributed by atoms with van der Waals surface area (Å²) in [4.78, 5) is 17.2. The van der Waals surface area contributed by atoms with Gasteiger partial charge < -0.3 is 0 Å². The van der Waals surface area contributed by atoms with E-state index in [0.717, 1.165) is 10.6 Å². The molecule has 0 aliphatic carbocycles. The zero-order valence-electron chi connectivity index (χ0n) is 8.60. The van der Waals surface area contributed by atoms with Crippen molar-refractivity contribution in [1.29, 1.82) is 0 Å². The molecule has 0 unspecified atom stereocenters. The normalized spacial score (nSPS) is 11.1. The summed E-state index contributed by atoms with van der Waals surface area (Å²) in [6.07, 6.45) is 0. The second-order valence-electron chi connectivity index (χ2n) is 3.55. The monoisotopic (exact) mass is 231 g/mol. The maximum Gasteiger partial charge on any atom is 0.275 e. The lowest BCUT2D eigenvalue weighted by atomic mass is 10.2. The Bertz CT molecular complexity index is 694. The Kier molecular flexibility index (Phi) is 1.94. The SMILES string of the molecule is Cn1[nH]c2nc(-c3cccs3)ccc2c1=O. The number of hydrogen-bond acceptors (Lipinski definition) is 3. The first-order valence-electron chi connectivity index (χ1n) is 4.85. The molecule has 0 saturated heterocycles. The molecule has 1 N–H and O–H groups in total. The molecule has 4 nitrogen and oxygen atoms in total. The van der Waals surface area contributed by atoms with E-state index in [-0.39, 0.29) is 5.56 Å². The molecule has 3 aromatic rings. The highest BCUT2D eigenvalue weighted by atomic mass is 32.1. The minimum Gasteiger partial charge on any atom is -0.279 e. The number of aromatic nitrogens is 3. The molecular weight excluding hydrogens is 222 g/mol. The summed E-state index contributed by atoms with van der Waals surface area (Å²) in [5.41, 5.74) is 1.49. The number of hydrogen-bond donors (Lipinski definition) is 1. The first kappa shape index (κ1) is 9.35. The predicted molar refractivity (Wildman–Crippen MR) is 64.6 cm³/mol. The zero-order valence-corrected chi connectivity index (χ0v) is 9.41. The van der Waals surface area contributed by atoms with Crippen molar-refractivity contribution in [1.82, 2.24) is 14.8 Å². The fourth-order valence-corrected chi connectivity index (χ4v) is 2.36. The highest BCUT2D eigenvalue weighted by Gasteiger charge is 2.07. The molecule has 0 aliphatic rings. The van der Waals surface area contributed by atoms with Crippen LogP contribution in [0.2, 0.25) is 0 Å². The van der Waals surface area contributed by atoms with Crippen LogP contribution in [-0.4, -0.2) is 14.8 Å². The van der Waals surface area contributed by atoms with Gasteiger partial charge in [0.1, 0.15) is 0 Å². The molecule has 5 heteroatoms. The standard InChI is InChI=1S/C11H9N3OS/c1-14-11(15)7-4-5-8(12-10(7)13-14)9-3-2-6-16-9/h2-6H,1H3,(H,12,13). The smallest absolute Gasteiger partial charge is 0.275 e. The van der Waals surface area contributed by atoms with E-state index in [0.29, 0.717) is 11.0 Å². The lowest BCUT2D eigenvalue weighted by Gasteiger charge is -1.95. The van der Waals surface area contributed by atoms with Crippen molar-refractivity contribution < 1.29 is 0 Å². The van der Waals surface area contributed by atoms with Crippen LogP contribution in [0.3, 0.4) is 0 Å². The summed E-state index contributed by atoms with van der Waals surface area (Å²) in [7, 11) is 1.69. The summed E-state index contributed by atoms with van der Waals surface area (Å²) < 4.78 is 1.44. The topological polar surface area (TPSA) is 50.7 Å². The average Bonchev–Trinajstić information content (AvgIpc) is 2.88. The molecule has 0 spiro atoms. The molecule has 0 saturated carbocycles. The summed E-state index contributed by atoms with van der Waals surface area (Å²) in [5.74, 6) is 0. The number of pyridine rings is 1. The Morgan fingerprint density at radius 1 is 1.38 bits per heavy atom. The van der Waals surface area contributed by atoms with E-state index < -0.39 is 0 Å². The highest BCUT2D eigenvalue weighted by Crippen LogP contribution is 2.23. The van der Waals surface area contributed by atoms with E-state index in [4.69, 9.17) is 0 Å². The van der Waals surface area contributed by atoms with Crippen LogP contribution >= 0.6 is 11.3 Å². The predicted octanol–water partition coefficient (Wildman–Crippen LogP) is 1.99. The maximum absolute atomic E-state index is 11.6. The van der Waals surface area contributed by atoms with Gasteiger partial charge in [-0.15, -0.1) is 11.3 Å². The highest BCUT2D eigenvalue weighted by molar-refractivity contribution is 7.13. The van der Waals surface area contributed by atoms with Crippen LogP contribution < -0.4 is 5.56 Å². The third-order valence-electron chi connectivity index (χ3n) is 2.48. The van der Waals surface area contributed by atoms with Crippen molar-refractivity contribution in [2.24, 2.45) is 7.05 Å². The number of aryl methyl sites for hydroxylation is 1. The van der Waals surface area contributed by atoms with Gasteiger partial charge in [-0.25, -0.2) is 4.98 Å². The fraction of sp³-hybridized carbons (Fsp3) is 0.0909. The van der Waals surface area contributed by atoms with E-state index in [1.165, 1.54) is 4.68 Å². The van der Waals surface area contributed by atoms with E-state index in [1.54, 1.807) is 18.4 Å². The number of nitrogens with zero attached hydrogens (tertiary/aromatic N) is 2. The van der Waals surface area contributed by atoms with E-state index in [9.17, 15) is 4.79 Å². The Hall–Kier alpha value is -1.88. The molecule has 3 aromatic heterocycles. The van der Waals surface area contributed by atoms with Crippen LogP contribution in [0.4, 0.5) is 0 Å². The summed E-state index contributed by atoms with van der Waals surface area (Å²) in [6.45, 7) is 0. The molecule has 0 aromatic carbocycles. The summed E-state index contributed by atoms with van der Waals surface area (Å²) in [5, 5.41) is 5.56. The molecule has 0 aliphatic heterocycles. The van der Waals surface area contributed by atoms with Crippen molar-refractivity contribution in [2.75, 3.05) is 0 Å². The Morgan fingerprint density at radius 3 is 3.00 bits per heavy atom. The van der Waals surface area contributed by atoms with Gasteiger partial charge in [-0.3, -0.25) is 14.6 Å². The molecule has 0 bridgehead atoms. The van der Waals surface area contributed by atoms with Gasteiger partial charge in [-0.05, 0) is 23.6 Å². The number of nitrogens with one attached hydrogen (secondary N) is 1. The molecule has 0 fully saturated rings. The first-order chi connectivity index (χ1) is 7.75. The summed E-state index contributed by atoms with van der Waals surface area (Å²) >= 11 is 1.63. The third kappa shape index (κ3) is 1.29. The minimum absolute atomic E-state index is 0.0415. The van der Waals surface area contributed by atoms with Crippen LogP contribution in [0.5, 0.6) is 0 Å². The first-order valence-corrected chi connectivity index (χ1v) is 5.73. The Morgan fingerprint density at radius 2 is 2.25 bits per heavy atom. The molecule has 0 radical (unpaired) electrons. The van der Waals surface area contributed by atoms with E-state index in [2.05, 4.69) is 10.1 Å². The van der Waals surface area contributed by atoms with E-state index in [1.807, 2.05) is 29.6 Å². The zero-order chi connectivity index (χ0) is 11.1. The van der Waals surface area contributed by atoms with Gasteiger partial charge >= 0.3 is 0 Å². The van der Waals surface area contributed by atoms with Crippen LogP contribution in [-0.2, 0) is 7.05 Å². The van der Waals surface area contributed by atoms with Gasteiger partial charge in [0.2, 0.25) is 0 Å². The van der Waals surface area contributed by atoms with Crippen molar-refractivity contribution in [3.63, 3.8) is 0 Å². The van der Waals surface area contributed by atoms with Crippen LogP contribution in [0.15, 0.2) is 34.4 Å². The Balaban J connectivity index is 2.28. The molecule has 80 valence electrons. The Labute approximate surface area is 95.2 Å². The van der Waals surface area contributed by atoms with Crippen LogP contribution in [0.1, 0.15) is 0 Å². The third-order valence-corrected chi connectivity index (χ3v) is 3.37. The molecular formula is C11H9N3OS. The second-order valence-corrected chi connectivity index (χ2v) is 4.49. The number of aromatic amines is 1. The van der Waals surface area contributed by atoms with Gasteiger partial charge in [0, 0.05) is 7.05 Å². The largest absolute Gasteiger partial charge is 0.279 e. The second kappa shape index (κ2) is 3.31. The lowest BCUT2D eigenvalue weighted by Crippen LogP contribution is -2.10. The number of H-pyrrole nitrogens is 1. The molecule has 16 heavy (non-hydrogen) atoms. The van der Waals surface area contributed by atoms with Crippen LogP contribution in [0.25, 0.3) is 21.6 Å². The van der Waals surface area contributed by atoms with Crippen LogP contribution in [0, 0.1) is 0 Å². The number of rotatable bonds is 1. The van der Waals surface area contributed by atoms with Crippen molar-refractivity contribution in [2.45, 2.75) is 0 Å². The van der Waals surface area contributed by atoms with Gasteiger partial charge in [0.15, 0.2) is 5.65 Å².